The fourth-order valence-electron chi connectivity index (χ4n) is 0.877. The zero-order valence-corrected chi connectivity index (χ0v) is 7.18. The number of aliphatic hydroxyl groups excluding tert-OH is 1. The normalized spacial score (nSPS) is 11.0. The molecular weight excluding hydrogens is 156 g/mol. The first kappa shape index (κ1) is 8.50. The van der Waals surface area contributed by atoms with E-state index in [1.807, 2.05) is 6.08 Å². The maximum absolute atomic E-state index is 8.44. The van der Waals surface area contributed by atoms with E-state index in [-0.39, 0.29) is 6.61 Å². The second kappa shape index (κ2) is 5.10. The Bertz CT molecular complexity index is 201. The van der Waals surface area contributed by atoms with Crippen LogP contribution in [0.4, 0.5) is 0 Å². The first-order chi connectivity index (χ1) is 5.43. The van der Waals surface area contributed by atoms with Gasteiger partial charge in [-0.1, -0.05) is 12.2 Å². The third-order valence-electron chi connectivity index (χ3n) is 1.45. The van der Waals surface area contributed by atoms with Gasteiger partial charge in [-0.25, -0.2) is 0 Å². The lowest BCUT2D eigenvalue weighted by atomic mass is 10.2. The van der Waals surface area contributed by atoms with E-state index in [0.717, 1.165) is 12.8 Å². The number of thiophene rings is 1. The van der Waals surface area contributed by atoms with Crippen LogP contribution < -0.4 is 0 Å². The highest BCUT2D eigenvalue weighted by Crippen LogP contribution is 2.08. The highest BCUT2D eigenvalue weighted by Gasteiger charge is 1.88. The van der Waals surface area contributed by atoms with E-state index in [4.69, 9.17) is 5.11 Å². The van der Waals surface area contributed by atoms with Crippen LogP contribution in [-0.2, 0) is 6.42 Å². The van der Waals surface area contributed by atoms with E-state index in [9.17, 15) is 0 Å². The van der Waals surface area contributed by atoms with Gasteiger partial charge in [0.05, 0.1) is 6.61 Å². The van der Waals surface area contributed by atoms with Gasteiger partial charge in [-0.05, 0) is 35.2 Å². The van der Waals surface area contributed by atoms with Crippen molar-refractivity contribution in [3.8, 4) is 0 Å². The number of hydrogen-bond acceptors (Lipinski definition) is 2. The van der Waals surface area contributed by atoms with Gasteiger partial charge in [0.25, 0.3) is 0 Å². The predicted octanol–water partition coefficient (Wildman–Crippen LogP) is 2.23. The van der Waals surface area contributed by atoms with E-state index >= 15 is 0 Å². The van der Waals surface area contributed by atoms with Crippen molar-refractivity contribution in [2.24, 2.45) is 0 Å². The Morgan fingerprint density at radius 3 is 3.00 bits per heavy atom. The van der Waals surface area contributed by atoms with Crippen molar-refractivity contribution in [3.05, 3.63) is 34.5 Å². The summed E-state index contributed by atoms with van der Waals surface area (Å²) in [7, 11) is 0. The molecule has 1 nitrogen and oxygen atoms in total. The van der Waals surface area contributed by atoms with Gasteiger partial charge in [-0.15, -0.1) is 0 Å². The van der Waals surface area contributed by atoms with Crippen LogP contribution in [0.3, 0.4) is 0 Å². The van der Waals surface area contributed by atoms with Crippen LogP contribution in [0.25, 0.3) is 0 Å². The Morgan fingerprint density at radius 1 is 1.45 bits per heavy atom. The third-order valence-corrected chi connectivity index (χ3v) is 2.18. The molecule has 0 amide bonds. The minimum atomic E-state index is 0.156. The van der Waals surface area contributed by atoms with Crippen molar-refractivity contribution in [2.75, 3.05) is 6.61 Å². The van der Waals surface area contributed by atoms with E-state index in [1.165, 1.54) is 5.56 Å². The summed E-state index contributed by atoms with van der Waals surface area (Å²) in [4.78, 5) is 0. The quantitative estimate of drug-likeness (QED) is 0.683. The Kier molecular flexibility index (Phi) is 3.94. The molecule has 0 atom stereocenters. The number of hydrogen-bond donors (Lipinski definition) is 1. The molecule has 0 unspecified atom stereocenters. The Labute approximate surface area is 71.0 Å². The van der Waals surface area contributed by atoms with Gasteiger partial charge < -0.3 is 5.11 Å². The molecule has 0 spiro atoms. The lowest BCUT2D eigenvalue weighted by Crippen LogP contribution is -1.78. The van der Waals surface area contributed by atoms with Gasteiger partial charge in [0, 0.05) is 0 Å². The lowest BCUT2D eigenvalue weighted by Gasteiger charge is -1.89. The number of aryl methyl sites for hydroxylation is 1. The zero-order chi connectivity index (χ0) is 7.94. The summed E-state index contributed by atoms with van der Waals surface area (Å²) < 4.78 is 0. The van der Waals surface area contributed by atoms with Crippen molar-refractivity contribution in [3.63, 3.8) is 0 Å². The SMILES string of the molecule is OC/C=C/CCc1ccsc1. The lowest BCUT2D eigenvalue weighted by molar-refractivity contribution is 0.342. The summed E-state index contributed by atoms with van der Waals surface area (Å²) in [5, 5.41) is 12.7. The van der Waals surface area contributed by atoms with Crippen LogP contribution in [0.15, 0.2) is 29.0 Å². The number of rotatable bonds is 4. The first-order valence-corrected chi connectivity index (χ1v) is 4.64. The second-order valence-electron chi connectivity index (χ2n) is 2.32. The molecule has 0 aromatic carbocycles. The summed E-state index contributed by atoms with van der Waals surface area (Å²) >= 11 is 1.73. The molecule has 0 saturated carbocycles. The second-order valence-corrected chi connectivity index (χ2v) is 3.10. The van der Waals surface area contributed by atoms with E-state index in [2.05, 4.69) is 16.8 Å². The summed E-state index contributed by atoms with van der Waals surface area (Å²) in [6.07, 6.45) is 5.90. The van der Waals surface area contributed by atoms with Gasteiger partial charge in [-0.2, -0.15) is 11.3 Å². The molecule has 1 rings (SSSR count). The largest absolute Gasteiger partial charge is 0.392 e. The molecule has 0 saturated heterocycles. The Morgan fingerprint density at radius 2 is 2.36 bits per heavy atom. The molecule has 1 aromatic rings. The highest BCUT2D eigenvalue weighted by molar-refractivity contribution is 7.07. The minimum absolute atomic E-state index is 0.156. The smallest absolute Gasteiger partial charge is 0.0612 e. The summed E-state index contributed by atoms with van der Waals surface area (Å²) in [5.41, 5.74) is 1.39. The highest BCUT2D eigenvalue weighted by atomic mass is 32.1. The van der Waals surface area contributed by atoms with Gasteiger partial charge in [-0.3, -0.25) is 0 Å². The van der Waals surface area contributed by atoms with Gasteiger partial charge >= 0.3 is 0 Å². The molecule has 11 heavy (non-hydrogen) atoms. The maximum atomic E-state index is 8.44. The van der Waals surface area contributed by atoms with Crippen molar-refractivity contribution < 1.29 is 5.11 Å². The van der Waals surface area contributed by atoms with Crippen LogP contribution in [0.5, 0.6) is 0 Å². The molecular formula is C9H12OS. The standard InChI is InChI=1S/C9H12OS/c10-6-3-1-2-4-9-5-7-11-8-9/h1,3,5,7-8,10H,2,4,6H2/b3-1+. The molecule has 0 radical (unpaired) electrons. The maximum Gasteiger partial charge on any atom is 0.0612 e. The number of aliphatic hydroxyl groups is 1. The van der Waals surface area contributed by atoms with Crippen molar-refractivity contribution in [2.45, 2.75) is 12.8 Å². The summed E-state index contributed by atoms with van der Waals surface area (Å²) in [6, 6.07) is 2.14. The van der Waals surface area contributed by atoms with Crippen molar-refractivity contribution >= 4 is 11.3 Å². The van der Waals surface area contributed by atoms with Crippen LogP contribution in [0.1, 0.15) is 12.0 Å². The molecule has 60 valence electrons. The molecule has 1 aromatic heterocycles. The molecule has 1 heterocycles. The van der Waals surface area contributed by atoms with Crippen molar-refractivity contribution in [1.82, 2.24) is 0 Å². The fraction of sp³-hybridized carbons (Fsp3) is 0.333. The monoisotopic (exact) mass is 168 g/mol. The molecule has 2 heteroatoms. The van der Waals surface area contributed by atoms with Gasteiger partial charge in [0.15, 0.2) is 0 Å². The van der Waals surface area contributed by atoms with Crippen molar-refractivity contribution in [1.29, 1.82) is 0 Å². The van der Waals surface area contributed by atoms with E-state index < -0.39 is 0 Å². The average Bonchev–Trinajstić information content (AvgIpc) is 2.50. The van der Waals surface area contributed by atoms with E-state index in [0.29, 0.717) is 0 Å². The number of allylic oxidation sites excluding steroid dienone is 1. The van der Waals surface area contributed by atoms with Gasteiger partial charge in [0.2, 0.25) is 0 Å². The fourth-order valence-corrected chi connectivity index (χ4v) is 1.58. The Balaban J connectivity index is 2.19. The summed E-state index contributed by atoms with van der Waals surface area (Å²) in [5.74, 6) is 0. The molecule has 0 aliphatic heterocycles. The predicted molar refractivity (Wildman–Crippen MR) is 48.9 cm³/mol. The average molecular weight is 168 g/mol. The summed E-state index contributed by atoms with van der Waals surface area (Å²) in [6.45, 7) is 0.156. The topological polar surface area (TPSA) is 20.2 Å². The van der Waals surface area contributed by atoms with Crippen LogP contribution in [0, 0.1) is 0 Å². The molecule has 0 aliphatic rings. The Hall–Kier alpha value is -0.600. The molecule has 0 fully saturated rings. The molecule has 1 N–H and O–H groups in total. The zero-order valence-electron chi connectivity index (χ0n) is 6.36. The van der Waals surface area contributed by atoms with Crippen LogP contribution in [0.2, 0.25) is 0 Å². The van der Waals surface area contributed by atoms with E-state index in [1.54, 1.807) is 17.4 Å². The molecule has 0 bridgehead atoms. The third kappa shape index (κ3) is 3.35. The van der Waals surface area contributed by atoms with Gasteiger partial charge in [0.1, 0.15) is 0 Å². The molecule has 0 aliphatic carbocycles. The first-order valence-electron chi connectivity index (χ1n) is 3.70. The minimum Gasteiger partial charge on any atom is -0.392 e. The van der Waals surface area contributed by atoms with Crippen LogP contribution in [-0.4, -0.2) is 11.7 Å². The van der Waals surface area contributed by atoms with Crippen LogP contribution >= 0.6 is 11.3 Å².